The molecule has 0 aromatic carbocycles. The molecule has 2 heterocycles. The summed E-state index contributed by atoms with van der Waals surface area (Å²) < 4.78 is 0. The van der Waals surface area contributed by atoms with Crippen molar-refractivity contribution in [3.8, 4) is 0 Å². The summed E-state index contributed by atoms with van der Waals surface area (Å²) >= 11 is 1.78. The first kappa shape index (κ1) is 13.0. The zero-order valence-corrected chi connectivity index (χ0v) is 11.6. The second kappa shape index (κ2) is 7.09. The lowest BCUT2D eigenvalue weighted by atomic mass is 10.2. The van der Waals surface area contributed by atoms with E-state index in [4.69, 9.17) is 0 Å². The first-order valence-corrected chi connectivity index (χ1v) is 7.63. The molecule has 4 heteroatoms. The van der Waals surface area contributed by atoms with E-state index in [1.54, 1.807) is 11.3 Å². The quantitative estimate of drug-likeness (QED) is 0.874. The van der Waals surface area contributed by atoms with E-state index in [9.17, 15) is 0 Å². The molecule has 0 atom stereocenters. The van der Waals surface area contributed by atoms with Gasteiger partial charge in [-0.2, -0.15) is 0 Å². The number of nitrogens with zero attached hydrogens (tertiary/aromatic N) is 2. The fraction of sp³-hybridized carbons (Fsp3) is 0.769. The maximum atomic E-state index is 4.69. The lowest BCUT2D eigenvalue weighted by Crippen LogP contribution is -2.24. The number of hydrogen-bond acceptors (Lipinski definition) is 4. The molecule has 1 aromatic heterocycles. The van der Waals surface area contributed by atoms with Crippen molar-refractivity contribution in [2.75, 3.05) is 19.6 Å². The summed E-state index contributed by atoms with van der Waals surface area (Å²) in [4.78, 5) is 7.24. The van der Waals surface area contributed by atoms with Gasteiger partial charge in [0.15, 0.2) is 0 Å². The minimum absolute atomic E-state index is 0.918. The molecule has 1 aliphatic heterocycles. The van der Waals surface area contributed by atoms with Gasteiger partial charge in [0.1, 0.15) is 5.01 Å². The molecule has 1 fully saturated rings. The van der Waals surface area contributed by atoms with Crippen LogP contribution in [0.3, 0.4) is 0 Å². The SMILES string of the molecule is CCNCc1nc(CN2CCCCCC2)cs1. The largest absolute Gasteiger partial charge is 0.311 e. The summed E-state index contributed by atoms with van der Waals surface area (Å²) in [5.74, 6) is 0. The van der Waals surface area contributed by atoms with E-state index in [0.717, 1.165) is 19.6 Å². The molecule has 96 valence electrons. The molecule has 1 saturated heterocycles. The molecular weight excluding hydrogens is 230 g/mol. The lowest BCUT2D eigenvalue weighted by Gasteiger charge is -2.17. The Morgan fingerprint density at radius 1 is 1.29 bits per heavy atom. The predicted octanol–water partition coefficient (Wildman–Crippen LogP) is 2.63. The number of nitrogens with one attached hydrogen (secondary N) is 1. The predicted molar refractivity (Wildman–Crippen MR) is 73.2 cm³/mol. The number of hydrogen-bond donors (Lipinski definition) is 1. The molecular formula is C13H23N3S. The molecule has 0 saturated carbocycles. The normalized spacial score (nSPS) is 18.2. The van der Waals surface area contributed by atoms with E-state index >= 15 is 0 Å². The average Bonchev–Trinajstić information content (AvgIpc) is 2.61. The van der Waals surface area contributed by atoms with Crippen LogP contribution in [0.5, 0.6) is 0 Å². The van der Waals surface area contributed by atoms with Crippen LogP contribution in [-0.2, 0) is 13.1 Å². The minimum Gasteiger partial charge on any atom is -0.311 e. The topological polar surface area (TPSA) is 28.2 Å². The fourth-order valence-corrected chi connectivity index (χ4v) is 3.01. The third kappa shape index (κ3) is 4.37. The molecule has 0 unspecified atom stereocenters. The van der Waals surface area contributed by atoms with Crippen molar-refractivity contribution in [3.05, 3.63) is 16.1 Å². The van der Waals surface area contributed by atoms with Gasteiger partial charge in [-0.15, -0.1) is 11.3 Å². The van der Waals surface area contributed by atoms with Crippen LogP contribution in [-0.4, -0.2) is 29.5 Å². The Balaban J connectivity index is 1.82. The van der Waals surface area contributed by atoms with E-state index in [-0.39, 0.29) is 0 Å². The Bertz CT molecular complexity index is 316. The van der Waals surface area contributed by atoms with E-state index in [2.05, 4.69) is 27.5 Å². The molecule has 1 aromatic rings. The Labute approximate surface area is 108 Å². The highest BCUT2D eigenvalue weighted by Gasteiger charge is 2.11. The second-order valence-corrected chi connectivity index (χ2v) is 5.65. The van der Waals surface area contributed by atoms with Crippen molar-refractivity contribution < 1.29 is 0 Å². The number of aromatic nitrogens is 1. The van der Waals surface area contributed by atoms with Gasteiger partial charge in [0.25, 0.3) is 0 Å². The lowest BCUT2D eigenvalue weighted by molar-refractivity contribution is 0.274. The standard InChI is InChI=1S/C13H23N3S/c1-2-14-9-13-15-12(11-17-13)10-16-7-5-3-4-6-8-16/h11,14H,2-10H2,1H3. The fourth-order valence-electron chi connectivity index (χ4n) is 2.26. The molecule has 0 aliphatic carbocycles. The first-order valence-electron chi connectivity index (χ1n) is 6.75. The molecule has 0 radical (unpaired) electrons. The summed E-state index contributed by atoms with van der Waals surface area (Å²) in [7, 11) is 0. The Morgan fingerprint density at radius 2 is 2.06 bits per heavy atom. The van der Waals surface area contributed by atoms with Crippen LogP contribution in [0.25, 0.3) is 0 Å². The first-order chi connectivity index (χ1) is 8.38. The van der Waals surface area contributed by atoms with Gasteiger partial charge in [0.2, 0.25) is 0 Å². The van der Waals surface area contributed by atoms with Crippen LogP contribution in [0.4, 0.5) is 0 Å². The van der Waals surface area contributed by atoms with Crippen molar-refractivity contribution in [3.63, 3.8) is 0 Å². The summed E-state index contributed by atoms with van der Waals surface area (Å²) in [6.07, 6.45) is 5.52. The van der Waals surface area contributed by atoms with Crippen LogP contribution in [0.2, 0.25) is 0 Å². The van der Waals surface area contributed by atoms with Crippen molar-refractivity contribution in [1.29, 1.82) is 0 Å². The van der Waals surface area contributed by atoms with Gasteiger partial charge in [0.05, 0.1) is 5.69 Å². The molecule has 3 nitrogen and oxygen atoms in total. The molecule has 0 spiro atoms. The maximum Gasteiger partial charge on any atom is 0.107 e. The smallest absolute Gasteiger partial charge is 0.107 e. The van der Waals surface area contributed by atoms with Crippen LogP contribution in [0.15, 0.2) is 5.38 Å². The van der Waals surface area contributed by atoms with E-state index < -0.39 is 0 Å². The summed E-state index contributed by atoms with van der Waals surface area (Å²) in [5.41, 5.74) is 1.25. The Morgan fingerprint density at radius 3 is 2.76 bits per heavy atom. The molecule has 17 heavy (non-hydrogen) atoms. The third-order valence-electron chi connectivity index (χ3n) is 3.21. The van der Waals surface area contributed by atoms with Gasteiger partial charge in [-0.25, -0.2) is 4.98 Å². The van der Waals surface area contributed by atoms with Crippen LogP contribution < -0.4 is 5.32 Å². The highest BCUT2D eigenvalue weighted by Crippen LogP contribution is 2.15. The molecule has 1 N–H and O–H groups in total. The van der Waals surface area contributed by atoms with E-state index in [1.165, 1.54) is 49.5 Å². The third-order valence-corrected chi connectivity index (χ3v) is 4.11. The Kier molecular flexibility index (Phi) is 5.42. The highest BCUT2D eigenvalue weighted by molar-refractivity contribution is 7.09. The highest BCUT2D eigenvalue weighted by atomic mass is 32.1. The van der Waals surface area contributed by atoms with E-state index in [1.807, 2.05) is 0 Å². The van der Waals surface area contributed by atoms with Crippen LogP contribution in [0.1, 0.15) is 43.3 Å². The summed E-state index contributed by atoms with van der Waals surface area (Å²) in [5, 5.41) is 6.76. The average molecular weight is 253 g/mol. The zero-order valence-electron chi connectivity index (χ0n) is 10.7. The van der Waals surface area contributed by atoms with Crippen LogP contribution >= 0.6 is 11.3 Å². The van der Waals surface area contributed by atoms with E-state index in [0.29, 0.717) is 0 Å². The van der Waals surface area contributed by atoms with Crippen molar-refractivity contribution in [2.24, 2.45) is 0 Å². The number of likely N-dealkylation sites (tertiary alicyclic amines) is 1. The molecule has 0 amide bonds. The minimum atomic E-state index is 0.918. The zero-order chi connectivity index (χ0) is 11.9. The summed E-state index contributed by atoms with van der Waals surface area (Å²) in [6.45, 7) is 7.61. The van der Waals surface area contributed by atoms with Gasteiger partial charge in [-0.3, -0.25) is 4.90 Å². The van der Waals surface area contributed by atoms with Crippen LogP contribution in [0, 0.1) is 0 Å². The Hall–Kier alpha value is -0.450. The monoisotopic (exact) mass is 253 g/mol. The van der Waals surface area contributed by atoms with Crippen molar-refractivity contribution >= 4 is 11.3 Å². The van der Waals surface area contributed by atoms with Gasteiger partial charge >= 0.3 is 0 Å². The maximum absolute atomic E-state index is 4.69. The second-order valence-electron chi connectivity index (χ2n) is 4.70. The number of thiazole rings is 1. The van der Waals surface area contributed by atoms with Gasteiger partial charge in [-0.05, 0) is 32.5 Å². The molecule has 0 bridgehead atoms. The number of rotatable bonds is 5. The van der Waals surface area contributed by atoms with Gasteiger partial charge in [-0.1, -0.05) is 19.8 Å². The van der Waals surface area contributed by atoms with Crippen molar-refractivity contribution in [1.82, 2.24) is 15.2 Å². The molecule has 2 rings (SSSR count). The van der Waals surface area contributed by atoms with Crippen molar-refractivity contribution in [2.45, 2.75) is 45.7 Å². The summed E-state index contributed by atoms with van der Waals surface area (Å²) in [6, 6.07) is 0. The van der Waals surface area contributed by atoms with Gasteiger partial charge < -0.3 is 5.32 Å². The van der Waals surface area contributed by atoms with Gasteiger partial charge in [0, 0.05) is 18.5 Å². The molecule has 1 aliphatic rings.